The maximum Gasteiger partial charge on any atom is 0.0997 e. The van der Waals surface area contributed by atoms with Crippen LogP contribution in [0.1, 0.15) is 11.1 Å². The molecule has 100 valence electrons. The van der Waals surface area contributed by atoms with Crippen molar-refractivity contribution in [3.63, 3.8) is 0 Å². The van der Waals surface area contributed by atoms with Crippen LogP contribution in [0.3, 0.4) is 0 Å². The molecule has 4 heteroatoms. The highest BCUT2D eigenvalue weighted by molar-refractivity contribution is 7.13. The highest BCUT2D eigenvalue weighted by atomic mass is 32.1. The Morgan fingerprint density at radius 3 is 3.10 bits per heavy atom. The predicted molar refractivity (Wildman–Crippen MR) is 82.3 cm³/mol. The first kappa shape index (κ1) is 11.9. The highest BCUT2D eigenvalue weighted by Gasteiger charge is 2.16. The topological polar surface area (TPSA) is 29.9 Å². The molecular formula is C16H15N3S. The number of rotatable bonds is 2. The Kier molecular flexibility index (Phi) is 2.90. The predicted octanol–water partition coefficient (Wildman–Crippen LogP) is 3.25. The van der Waals surface area contributed by atoms with Gasteiger partial charge in [0.15, 0.2) is 0 Å². The minimum Gasteiger partial charge on any atom is -0.312 e. The molecule has 4 rings (SSSR count). The Hall–Kier alpha value is -1.91. The van der Waals surface area contributed by atoms with Gasteiger partial charge in [0, 0.05) is 6.54 Å². The van der Waals surface area contributed by atoms with Crippen LogP contribution in [-0.2, 0) is 13.0 Å². The first-order chi connectivity index (χ1) is 9.93. The van der Waals surface area contributed by atoms with Gasteiger partial charge < -0.3 is 5.32 Å². The first-order valence-corrected chi connectivity index (χ1v) is 7.69. The summed E-state index contributed by atoms with van der Waals surface area (Å²) in [6.07, 6.45) is 4.97. The molecular weight excluding hydrogens is 266 g/mol. The molecule has 20 heavy (non-hydrogen) atoms. The Balaban J connectivity index is 1.89. The van der Waals surface area contributed by atoms with E-state index in [1.54, 1.807) is 11.3 Å². The fourth-order valence-corrected chi connectivity index (χ4v) is 3.55. The van der Waals surface area contributed by atoms with E-state index in [4.69, 9.17) is 0 Å². The van der Waals surface area contributed by atoms with Gasteiger partial charge in [0.05, 0.1) is 28.8 Å². The average Bonchev–Trinajstić information content (AvgIpc) is 3.17. The van der Waals surface area contributed by atoms with Gasteiger partial charge in [0.25, 0.3) is 0 Å². The van der Waals surface area contributed by atoms with Gasteiger partial charge in [-0.25, -0.2) is 4.98 Å². The number of thiophene rings is 1. The lowest BCUT2D eigenvalue weighted by molar-refractivity contribution is 0.640. The zero-order chi connectivity index (χ0) is 13.4. The van der Waals surface area contributed by atoms with E-state index >= 15 is 0 Å². The minimum atomic E-state index is 0.938. The van der Waals surface area contributed by atoms with Crippen molar-refractivity contribution in [1.29, 1.82) is 0 Å². The summed E-state index contributed by atoms with van der Waals surface area (Å²) in [5.41, 5.74) is 5.26. The van der Waals surface area contributed by atoms with Gasteiger partial charge in [-0.3, -0.25) is 4.57 Å². The lowest BCUT2D eigenvalue weighted by Gasteiger charge is -2.21. The zero-order valence-electron chi connectivity index (χ0n) is 11.0. The fraction of sp³-hybridized carbons (Fsp3) is 0.188. The van der Waals surface area contributed by atoms with Crippen molar-refractivity contribution in [3.05, 3.63) is 59.4 Å². The number of nitrogens with one attached hydrogen (secondary N) is 1. The molecule has 2 aromatic heterocycles. The molecule has 1 N–H and O–H groups in total. The Morgan fingerprint density at radius 1 is 1.20 bits per heavy atom. The lowest BCUT2D eigenvalue weighted by Crippen LogP contribution is -2.25. The Labute approximate surface area is 121 Å². The molecule has 1 aliphatic heterocycles. The summed E-state index contributed by atoms with van der Waals surface area (Å²) in [6, 6.07) is 10.8. The number of benzene rings is 1. The second kappa shape index (κ2) is 4.89. The third kappa shape index (κ3) is 1.88. The quantitative estimate of drug-likeness (QED) is 0.781. The average molecular weight is 281 g/mol. The van der Waals surface area contributed by atoms with Crippen LogP contribution in [0, 0.1) is 0 Å². The maximum atomic E-state index is 4.35. The Bertz CT molecular complexity index is 728. The lowest BCUT2D eigenvalue weighted by atomic mass is 9.99. The van der Waals surface area contributed by atoms with Crippen molar-refractivity contribution in [2.24, 2.45) is 0 Å². The van der Waals surface area contributed by atoms with Crippen molar-refractivity contribution in [3.8, 4) is 16.3 Å². The minimum absolute atomic E-state index is 0.938. The van der Waals surface area contributed by atoms with Crippen LogP contribution < -0.4 is 5.32 Å². The van der Waals surface area contributed by atoms with Crippen LogP contribution in [0.5, 0.6) is 0 Å². The number of fused-ring (bicyclic) bond motifs is 1. The molecule has 0 aliphatic carbocycles. The summed E-state index contributed by atoms with van der Waals surface area (Å²) < 4.78 is 2.21. The molecule has 3 aromatic rings. The van der Waals surface area contributed by atoms with Gasteiger partial charge in [0.2, 0.25) is 0 Å². The van der Waals surface area contributed by atoms with E-state index in [0.29, 0.717) is 0 Å². The number of imidazole rings is 1. The zero-order valence-corrected chi connectivity index (χ0v) is 11.9. The SMILES string of the molecule is c1csc(-c2cncn2-c2cccc3c2CNCC3)c1. The maximum absolute atomic E-state index is 4.35. The van der Waals surface area contributed by atoms with E-state index in [1.165, 1.54) is 27.4 Å². The summed E-state index contributed by atoms with van der Waals surface area (Å²) in [5.74, 6) is 0. The van der Waals surface area contributed by atoms with Crippen molar-refractivity contribution >= 4 is 11.3 Å². The van der Waals surface area contributed by atoms with Crippen molar-refractivity contribution < 1.29 is 0 Å². The molecule has 1 aromatic carbocycles. The van der Waals surface area contributed by atoms with E-state index in [0.717, 1.165) is 19.5 Å². The molecule has 3 heterocycles. The van der Waals surface area contributed by atoms with Gasteiger partial charge in [-0.15, -0.1) is 11.3 Å². The molecule has 0 unspecified atom stereocenters. The third-order valence-corrected chi connectivity index (χ3v) is 4.69. The summed E-state index contributed by atoms with van der Waals surface area (Å²) in [7, 11) is 0. The molecule has 0 saturated carbocycles. The molecule has 0 saturated heterocycles. The number of aromatic nitrogens is 2. The Morgan fingerprint density at radius 2 is 2.20 bits per heavy atom. The van der Waals surface area contributed by atoms with Gasteiger partial charge in [-0.1, -0.05) is 18.2 Å². The molecule has 1 aliphatic rings. The van der Waals surface area contributed by atoms with E-state index in [2.05, 4.69) is 50.6 Å². The van der Waals surface area contributed by atoms with Crippen LogP contribution in [0.15, 0.2) is 48.2 Å². The van der Waals surface area contributed by atoms with Crippen LogP contribution in [0.25, 0.3) is 16.3 Å². The molecule has 0 atom stereocenters. The first-order valence-electron chi connectivity index (χ1n) is 6.81. The van der Waals surface area contributed by atoms with Crippen molar-refractivity contribution in [2.75, 3.05) is 6.54 Å². The molecule has 0 spiro atoms. The van der Waals surface area contributed by atoms with Gasteiger partial charge in [-0.2, -0.15) is 0 Å². The van der Waals surface area contributed by atoms with E-state index < -0.39 is 0 Å². The third-order valence-electron chi connectivity index (χ3n) is 3.79. The highest BCUT2D eigenvalue weighted by Crippen LogP contribution is 2.29. The summed E-state index contributed by atoms with van der Waals surface area (Å²) in [4.78, 5) is 5.61. The van der Waals surface area contributed by atoms with Crippen molar-refractivity contribution in [1.82, 2.24) is 14.9 Å². The van der Waals surface area contributed by atoms with Crippen LogP contribution in [-0.4, -0.2) is 16.1 Å². The number of hydrogen-bond donors (Lipinski definition) is 1. The normalized spacial score (nSPS) is 14.2. The van der Waals surface area contributed by atoms with Crippen LogP contribution in [0.2, 0.25) is 0 Å². The van der Waals surface area contributed by atoms with Crippen LogP contribution >= 0.6 is 11.3 Å². The van der Waals surface area contributed by atoms with E-state index in [-0.39, 0.29) is 0 Å². The molecule has 0 fully saturated rings. The van der Waals surface area contributed by atoms with Gasteiger partial charge in [-0.05, 0) is 41.6 Å². The summed E-state index contributed by atoms with van der Waals surface area (Å²) in [6.45, 7) is 2.01. The summed E-state index contributed by atoms with van der Waals surface area (Å²) in [5, 5.41) is 5.57. The van der Waals surface area contributed by atoms with Crippen molar-refractivity contribution in [2.45, 2.75) is 13.0 Å². The number of hydrogen-bond acceptors (Lipinski definition) is 3. The number of nitrogens with zero attached hydrogens (tertiary/aromatic N) is 2. The molecule has 0 amide bonds. The molecule has 0 bridgehead atoms. The molecule has 0 radical (unpaired) electrons. The second-order valence-corrected chi connectivity index (χ2v) is 5.92. The monoisotopic (exact) mass is 281 g/mol. The van der Waals surface area contributed by atoms with E-state index in [9.17, 15) is 0 Å². The van der Waals surface area contributed by atoms with Gasteiger partial charge >= 0.3 is 0 Å². The smallest absolute Gasteiger partial charge is 0.0997 e. The largest absolute Gasteiger partial charge is 0.312 e. The summed E-state index contributed by atoms with van der Waals surface area (Å²) >= 11 is 1.75. The van der Waals surface area contributed by atoms with Crippen LogP contribution in [0.4, 0.5) is 0 Å². The van der Waals surface area contributed by atoms with E-state index in [1.807, 2.05) is 12.5 Å². The van der Waals surface area contributed by atoms with Gasteiger partial charge in [0.1, 0.15) is 0 Å². The standard InChI is InChI=1S/C16H15N3S/c1-3-12-6-7-17-9-13(12)14(4-1)19-11-18-10-15(19)16-5-2-8-20-16/h1-5,8,10-11,17H,6-7,9H2. The fourth-order valence-electron chi connectivity index (χ4n) is 2.82. The molecule has 3 nitrogen and oxygen atoms in total. The second-order valence-electron chi connectivity index (χ2n) is 4.97.